The van der Waals surface area contributed by atoms with Gasteiger partial charge in [-0.1, -0.05) is 0 Å². The van der Waals surface area contributed by atoms with Crippen molar-refractivity contribution in [3.63, 3.8) is 0 Å². The van der Waals surface area contributed by atoms with Crippen LogP contribution in [0, 0.1) is 0 Å². The molecule has 5 heteroatoms. The number of hydrogen-bond acceptors (Lipinski definition) is 3. The number of thiophene rings is 1. The molecule has 0 saturated heterocycles. The van der Waals surface area contributed by atoms with Crippen molar-refractivity contribution in [1.82, 2.24) is 0 Å². The highest BCUT2D eigenvalue weighted by Gasteiger charge is 2.16. The molecule has 1 aromatic carbocycles. The fraction of sp³-hybridized carbons (Fsp3) is 0.0833. The smallest absolute Gasteiger partial charge is 0.205 e. The first-order valence-electron chi connectivity index (χ1n) is 4.74. The van der Waals surface area contributed by atoms with Crippen LogP contribution in [0.15, 0.2) is 38.6 Å². The Morgan fingerprint density at radius 2 is 2.00 bits per heavy atom. The number of ether oxygens (including phenoxy) is 1. The lowest BCUT2D eigenvalue weighted by molar-refractivity contribution is 0.104. The maximum Gasteiger partial charge on any atom is 0.205 e. The van der Waals surface area contributed by atoms with E-state index in [4.69, 9.17) is 4.74 Å². The molecule has 1 heterocycles. The van der Waals surface area contributed by atoms with Crippen LogP contribution in [0.2, 0.25) is 0 Å². The van der Waals surface area contributed by atoms with Gasteiger partial charge in [-0.3, -0.25) is 4.79 Å². The Balaban J connectivity index is 2.41. The molecule has 2 rings (SSSR count). The van der Waals surface area contributed by atoms with Gasteiger partial charge in [0.2, 0.25) is 5.78 Å². The van der Waals surface area contributed by atoms with Gasteiger partial charge >= 0.3 is 0 Å². The predicted molar refractivity (Wildman–Crippen MR) is 76.1 cm³/mol. The number of ketones is 1. The van der Waals surface area contributed by atoms with Gasteiger partial charge in [-0.05, 0) is 61.5 Å². The Kier molecular flexibility index (Phi) is 4.01. The highest BCUT2D eigenvalue weighted by Crippen LogP contribution is 2.30. The van der Waals surface area contributed by atoms with Crippen LogP contribution >= 0.6 is 43.2 Å². The van der Waals surface area contributed by atoms with Gasteiger partial charge in [0.25, 0.3) is 0 Å². The van der Waals surface area contributed by atoms with Gasteiger partial charge in [0.05, 0.1) is 12.0 Å². The summed E-state index contributed by atoms with van der Waals surface area (Å²) in [6, 6.07) is 7.20. The largest absolute Gasteiger partial charge is 0.497 e. The summed E-state index contributed by atoms with van der Waals surface area (Å²) >= 11 is 8.18. The van der Waals surface area contributed by atoms with Gasteiger partial charge in [0, 0.05) is 14.5 Å². The number of hydrogen-bond donors (Lipinski definition) is 0. The van der Waals surface area contributed by atoms with E-state index in [1.165, 1.54) is 11.3 Å². The third-order valence-corrected chi connectivity index (χ3v) is 4.74. The SMILES string of the molecule is COc1ccc(C(=O)c2sccc2Br)c(Br)c1. The van der Waals surface area contributed by atoms with Crippen LogP contribution in [0.3, 0.4) is 0 Å². The van der Waals surface area contributed by atoms with Crippen LogP contribution in [-0.4, -0.2) is 12.9 Å². The van der Waals surface area contributed by atoms with Crippen molar-refractivity contribution >= 4 is 49.0 Å². The Bertz CT molecular complexity index is 563. The molecular formula is C12H8Br2O2S. The van der Waals surface area contributed by atoms with Crippen molar-refractivity contribution in [1.29, 1.82) is 0 Å². The zero-order valence-electron chi connectivity index (χ0n) is 8.87. The second-order valence-corrected chi connectivity index (χ2v) is 5.90. The number of rotatable bonds is 3. The van der Waals surface area contributed by atoms with Gasteiger partial charge in [-0.15, -0.1) is 11.3 Å². The van der Waals surface area contributed by atoms with Crippen LogP contribution in [0.25, 0.3) is 0 Å². The van der Waals surface area contributed by atoms with Gasteiger partial charge in [-0.25, -0.2) is 0 Å². The lowest BCUT2D eigenvalue weighted by Crippen LogP contribution is -2.00. The fourth-order valence-electron chi connectivity index (χ4n) is 1.39. The maximum absolute atomic E-state index is 12.3. The number of carbonyl (C=O) groups excluding carboxylic acids is 1. The summed E-state index contributed by atoms with van der Waals surface area (Å²) in [4.78, 5) is 13.0. The first-order valence-corrected chi connectivity index (χ1v) is 7.21. The molecule has 0 aliphatic rings. The Morgan fingerprint density at radius 1 is 1.24 bits per heavy atom. The second-order valence-electron chi connectivity index (χ2n) is 3.27. The molecule has 0 aliphatic carbocycles. The zero-order valence-corrected chi connectivity index (χ0v) is 12.9. The summed E-state index contributed by atoms with van der Waals surface area (Å²) in [5.41, 5.74) is 0.633. The Morgan fingerprint density at radius 3 is 2.53 bits per heavy atom. The van der Waals surface area contributed by atoms with Gasteiger partial charge < -0.3 is 4.74 Å². The van der Waals surface area contributed by atoms with Crippen LogP contribution in [0.1, 0.15) is 15.2 Å². The minimum absolute atomic E-state index is 0.00130. The highest BCUT2D eigenvalue weighted by molar-refractivity contribution is 9.11. The van der Waals surface area contributed by atoms with E-state index in [-0.39, 0.29) is 5.78 Å². The van der Waals surface area contributed by atoms with Crippen LogP contribution in [-0.2, 0) is 0 Å². The molecular weight excluding hydrogens is 368 g/mol. The van der Waals surface area contributed by atoms with Crippen molar-refractivity contribution in [2.45, 2.75) is 0 Å². The molecule has 1 aromatic heterocycles. The summed E-state index contributed by atoms with van der Waals surface area (Å²) in [5, 5.41) is 1.88. The molecule has 0 aliphatic heterocycles. The number of carbonyl (C=O) groups is 1. The predicted octanol–water partition coefficient (Wildman–Crippen LogP) is 4.51. The first-order chi connectivity index (χ1) is 8.13. The molecule has 2 nitrogen and oxygen atoms in total. The summed E-state index contributed by atoms with van der Waals surface area (Å²) in [6.07, 6.45) is 0. The Hall–Kier alpha value is -0.650. The van der Waals surface area contributed by atoms with E-state index in [1.54, 1.807) is 25.3 Å². The first kappa shape index (κ1) is 12.8. The van der Waals surface area contributed by atoms with E-state index in [0.29, 0.717) is 10.4 Å². The molecule has 0 atom stereocenters. The van der Waals surface area contributed by atoms with E-state index in [2.05, 4.69) is 31.9 Å². The molecule has 0 amide bonds. The number of halogens is 2. The molecule has 17 heavy (non-hydrogen) atoms. The van der Waals surface area contributed by atoms with Crippen molar-refractivity contribution < 1.29 is 9.53 Å². The highest BCUT2D eigenvalue weighted by atomic mass is 79.9. The van der Waals surface area contributed by atoms with Crippen molar-refractivity contribution in [2.75, 3.05) is 7.11 Å². The van der Waals surface area contributed by atoms with Crippen molar-refractivity contribution in [3.8, 4) is 5.75 Å². The lowest BCUT2D eigenvalue weighted by atomic mass is 10.1. The molecule has 0 saturated carbocycles. The summed E-state index contributed by atoms with van der Waals surface area (Å²) < 4.78 is 6.66. The fourth-order valence-corrected chi connectivity index (χ4v) is 3.43. The van der Waals surface area contributed by atoms with E-state index < -0.39 is 0 Å². The number of benzene rings is 1. The Labute approximate surface area is 120 Å². The topological polar surface area (TPSA) is 26.3 Å². The molecule has 0 N–H and O–H groups in total. The van der Waals surface area contributed by atoms with E-state index in [9.17, 15) is 4.79 Å². The monoisotopic (exact) mass is 374 g/mol. The standard InChI is InChI=1S/C12H8Br2O2S/c1-16-7-2-3-8(10(14)6-7)11(15)12-9(13)4-5-17-12/h2-6H,1H3. The lowest BCUT2D eigenvalue weighted by Gasteiger charge is -2.05. The van der Waals surface area contributed by atoms with Crippen molar-refractivity contribution in [3.05, 3.63) is 49.0 Å². The zero-order chi connectivity index (χ0) is 12.4. The minimum Gasteiger partial charge on any atom is -0.497 e. The van der Waals surface area contributed by atoms with Gasteiger partial charge in [0.15, 0.2) is 0 Å². The van der Waals surface area contributed by atoms with E-state index in [0.717, 1.165) is 14.7 Å². The average Bonchev–Trinajstić information content (AvgIpc) is 2.74. The van der Waals surface area contributed by atoms with Crippen molar-refractivity contribution in [2.24, 2.45) is 0 Å². The maximum atomic E-state index is 12.3. The van der Waals surface area contributed by atoms with Crippen LogP contribution in [0.4, 0.5) is 0 Å². The molecule has 0 unspecified atom stereocenters. The molecule has 88 valence electrons. The normalized spacial score (nSPS) is 10.3. The van der Waals surface area contributed by atoms with Crippen LogP contribution < -0.4 is 4.74 Å². The summed E-state index contributed by atoms with van der Waals surface area (Å²) in [6.45, 7) is 0. The quantitative estimate of drug-likeness (QED) is 0.737. The van der Waals surface area contributed by atoms with Gasteiger partial charge in [0.1, 0.15) is 5.75 Å². The van der Waals surface area contributed by atoms with Crippen LogP contribution in [0.5, 0.6) is 5.75 Å². The molecule has 0 fully saturated rings. The minimum atomic E-state index is 0.00130. The van der Waals surface area contributed by atoms with E-state index >= 15 is 0 Å². The number of methoxy groups -OCH3 is 1. The van der Waals surface area contributed by atoms with Gasteiger partial charge in [-0.2, -0.15) is 0 Å². The summed E-state index contributed by atoms with van der Waals surface area (Å²) in [7, 11) is 1.60. The second kappa shape index (κ2) is 5.33. The summed E-state index contributed by atoms with van der Waals surface area (Å²) in [5.74, 6) is 0.722. The third kappa shape index (κ3) is 2.61. The molecule has 0 spiro atoms. The molecule has 0 radical (unpaired) electrons. The third-order valence-electron chi connectivity index (χ3n) is 2.24. The average molecular weight is 376 g/mol. The molecule has 0 bridgehead atoms. The van der Waals surface area contributed by atoms with E-state index in [1.807, 2.05) is 11.4 Å². The molecule has 2 aromatic rings.